The van der Waals surface area contributed by atoms with Gasteiger partial charge in [0.1, 0.15) is 23.6 Å². The number of benzene rings is 2. The van der Waals surface area contributed by atoms with E-state index in [9.17, 15) is 39.3 Å². The Morgan fingerprint density at radius 2 is 1.57 bits per heavy atom. The van der Waals surface area contributed by atoms with Crippen molar-refractivity contribution in [3.8, 4) is 5.75 Å². The Kier molecular flexibility index (Phi) is 12.7. The normalized spacial score (nSPS) is 31.8. The lowest BCUT2D eigenvalue weighted by Crippen LogP contribution is -2.83. The van der Waals surface area contributed by atoms with Crippen LogP contribution in [0.25, 0.3) is 0 Å². The molecule has 3 aliphatic carbocycles. The molecule has 4 aliphatic rings. The third-order valence-electron chi connectivity index (χ3n) is 13.3. The fourth-order valence-electron chi connectivity index (χ4n) is 10.2. The van der Waals surface area contributed by atoms with Gasteiger partial charge in [-0.25, -0.2) is 9.59 Å². The van der Waals surface area contributed by atoms with Gasteiger partial charge < -0.3 is 54.4 Å². The zero-order valence-electron chi connectivity index (χ0n) is 37.2. The highest BCUT2D eigenvalue weighted by atomic mass is 16.6. The molecule has 2 aromatic rings. The summed E-state index contributed by atoms with van der Waals surface area (Å²) in [5, 5.41) is 43.1. The van der Waals surface area contributed by atoms with Gasteiger partial charge >= 0.3 is 24.0 Å². The molecule has 17 heteroatoms. The highest BCUT2D eigenvalue weighted by molar-refractivity contribution is 5.97. The Morgan fingerprint density at radius 3 is 2.11 bits per heavy atom. The maximum absolute atomic E-state index is 15.5. The molecule has 342 valence electrons. The van der Waals surface area contributed by atoms with E-state index in [1.807, 2.05) is 0 Å². The molecule has 0 radical (unpaired) electrons. The van der Waals surface area contributed by atoms with E-state index in [4.69, 9.17) is 28.4 Å². The number of fused-ring (bicyclic) bond motifs is 5. The van der Waals surface area contributed by atoms with Crippen molar-refractivity contribution < 1.29 is 72.5 Å². The molecular formula is C46H58N2O15. The number of hydrogen-bond acceptors (Lipinski definition) is 15. The van der Waals surface area contributed by atoms with Crippen LogP contribution in [0.2, 0.25) is 0 Å². The van der Waals surface area contributed by atoms with Crippen LogP contribution >= 0.6 is 0 Å². The highest BCUT2D eigenvalue weighted by Gasteiger charge is 2.77. The van der Waals surface area contributed by atoms with Gasteiger partial charge in [-0.1, -0.05) is 44.2 Å². The molecule has 2 amide bonds. The van der Waals surface area contributed by atoms with Gasteiger partial charge in [0.15, 0.2) is 23.6 Å². The van der Waals surface area contributed by atoms with Crippen LogP contribution in [0, 0.1) is 16.7 Å². The number of alkyl carbamates (subject to hydrolysis) is 1. The second-order valence-corrected chi connectivity index (χ2v) is 18.6. The first-order valence-corrected chi connectivity index (χ1v) is 20.8. The maximum Gasteiger partial charge on any atom is 0.408 e. The maximum atomic E-state index is 15.5. The van der Waals surface area contributed by atoms with E-state index in [2.05, 4.69) is 10.6 Å². The standard InChI is InChI=1S/C46H58N2O15/c1-23-29(61-40(55)34(52)33(26-14-12-11-13-15-26)47-41(56)63-42(4,5)6)21-46(57)37(48-39(54)27-16-18-28(58-10)19-17-27)36-44(9,30(51)20-31-45(36,22-59-31)62-25(3)50)38(53)35(60-24(2)49)32(23)43(46,7)8/h11-19,29-31,33-37,51-52,57H,20-22H2,1-10H3,(H,47,56)(H,48,54)/t29-,30-,31+,33-,34+,35+,36-,37-,44+,45-,46+/m0/s1. The minimum absolute atomic E-state index is 0.0133. The van der Waals surface area contributed by atoms with Crippen LogP contribution in [0.1, 0.15) is 97.1 Å². The SMILES string of the molecule is COc1ccc(C(=O)N[C@H]2[C@@H]3[C@]4(OC(C)=O)CO[C@@H]4C[C@H](O)[C@@]3(C)C(=O)[C@H](OC(C)=O)C3=C(C)[C@@H](OC(=O)[C@H](O)[C@@H](NC(=O)OC(C)(C)C)c4ccccc4)C[C@]2(O)C3(C)C)cc1. The first kappa shape index (κ1) is 47.1. The van der Waals surface area contributed by atoms with Gasteiger partial charge in [0.25, 0.3) is 5.91 Å². The quantitative estimate of drug-likeness (QED) is 0.131. The number of esters is 3. The first-order chi connectivity index (χ1) is 29.3. The molecule has 2 aromatic carbocycles. The fraction of sp³-hybridized carbons (Fsp3) is 0.565. The molecule has 5 N–H and O–H groups in total. The molecule has 2 saturated carbocycles. The van der Waals surface area contributed by atoms with Gasteiger partial charge in [0, 0.05) is 43.6 Å². The largest absolute Gasteiger partial charge is 0.497 e. The van der Waals surface area contributed by atoms with Crippen molar-refractivity contribution in [3.63, 3.8) is 0 Å². The van der Waals surface area contributed by atoms with E-state index in [-0.39, 0.29) is 29.7 Å². The molecule has 1 aliphatic heterocycles. The number of aliphatic hydroxyl groups is 3. The molecule has 11 atom stereocenters. The molecule has 3 fully saturated rings. The number of carbonyl (C=O) groups excluding carboxylic acids is 6. The Balaban J connectivity index is 1.54. The van der Waals surface area contributed by atoms with Gasteiger partial charge in [-0.15, -0.1) is 0 Å². The van der Waals surface area contributed by atoms with Gasteiger partial charge in [-0.2, -0.15) is 0 Å². The summed E-state index contributed by atoms with van der Waals surface area (Å²) < 4.78 is 34.7. The van der Waals surface area contributed by atoms with Crippen LogP contribution < -0.4 is 15.4 Å². The van der Waals surface area contributed by atoms with Crippen LogP contribution in [0.4, 0.5) is 4.79 Å². The number of hydrogen-bond donors (Lipinski definition) is 5. The third-order valence-corrected chi connectivity index (χ3v) is 13.3. The number of nitrogens with one attached hydrogen (secondary N) is 2. The minimum Gasteiger partial charge on any atom is -0.497 e. The summed E-state index contributed by atoms with van der Waals surface area (Å²) >= 11 is 0. The lowest BCUT2D eigenvalue weighted by Gasteiger charge is -2.68. The van der Waals surface area contributed by atoms with Crippen molar-refractivity contribution in [2.24, 2.45) is 16.7 Å². The molecule has 63 heavy (non-hydrogen) atoms. The predicted molar refractivity (Wildman–Crippen MR) is 222 cm³/mol. The average Bonchev–Trinajstić information content (AvgIpc) is 3.20. The minimum atomic E-state index is -2.32. The number of aliphatic hydroxyl groups excluding tert-OH is 2. The molecule has 0 unspecified atom stereocenters. The Morgan fingerprint density at radius 1 is 0.937 bits per heavy atom. The van der Waals surface area contributed by atoms with Gasteiger partial charge in [-0.05, 0) is 75.6 Å². The van der Waals surface area contributed by atoms with Crippen LogP contribution in [0.15, 0.2) is 65.7 Å². The Labute approximate surface area is 365 Å². The number of ketones is 1. The number of Topliss-reactive ketones (excluding diaryl/α,β-unsaturated/α-hetero) is 1. The van der Waals surface area contributed by atoms with Crippen molar-refractivity contribution in [3.05, 3.63) is 76.9 Å². The lowest BCUT2D eigenvalue weighted by atomic mass is 9.44. The monoisotopic (exact) mass is 878 g/mol. The average molecular weight is 879 g/mol. The molecule has 1 saturated heterocycles. The van der Waals surface area contributed by atoms with Crippen LogP contribution in [0.3, 0.4) is 0 Å². The summed E-state index contributed by atoms with van der Waals surface area (Å²) in [6.07, 6.45) is -9.57. The lowest BCUT2D eigenvalue weighted by molar-refractivity contribution is -0.332. The van der Waals surface area contributed by atoms with Crippen LogP contribution in [-0.2, 0) is 42.9 Å². The van der Waals surface area contributed by atoms with Crippen molar-refractivity contribution in [1.29, 1.82) is 0 Å². The van der Waals surface area contributed by atoms with Crippen molar-refractivity contribution in [2.45, 2.75) is 135 Å². The van der Waals surface area contributed by atoms with Gasteiger partial charge in [-0.3, -0.25) is 19.2 Å². The number of ether oxygens (including phenoxy) is 6. The van der Waals surface area contributed by atoms with Gasteiger partial charge in [0.05, 0.1) is 42.9 Å². The zero-order valence-corrected chi connectivity index (χ0v) is 37.2. The molecule has 17 nitrogen and oxygen atoms in total. The summed E-state index contributed by atoms with van der Waals surface area (Å²) in [5.74, 6) is -5.51. The molecule has 0 aromatic heterocycles. The third kappa shape index (κ3) is 8.31. The fourth-order valence-corrected chi connectivity index (χ4v) is 10.2. The summed E-state index contributed by atoms with van der Waals surface area (Å²) in [7, 11) is 1.46. The summed E-state index contributed by atoms with van der Waals surface area (Å²) in [4.78, 5) is 83.4. The van der Waals surface area contributed by atoms with Crippen molar-refractivity contribution >= 4 is 35.7 Å². The summed E-state index contributed by atoms with van der Waals surface area (Å²) in [6.45, 7) is 13.0. The van der Waals surface area contributed by atoms with Gasteiger partial charge in [0.2, 0.25) is 0 Å². The van der Waals surface area contributed by atoms with E-state index in [1.165, 1.54) is 33.1 Å². The summed E-state index contributed by atoms with van der Waals surface area (Å²) in [6, 6.07) is 11.2. The second kappa shape index (κ2) is 17.0. The van der Waals surface area contributed by atoms with E-state index >= 15 is 4.79 Å². The molecule has 0 spiro atoms. The molecule has 6 rings (SSSR count). The number of methoxy groups -OCH3 is 1. The van der Waals surface area contributed by atoms with Crippen LogP contribution in [0.5, 0.6) is 5.75 Å². The van der Waals surface area contributed by atoms with E-state index in [0.29, 0.717) is 11.3 Å². The number of carbonyl (C=O) groups is 6. The topological polar surface area (TPSA) is 243 Å². The molecule has 2 bridgehead atoms. The van der Waals surface area contributed by atoms with Crippen LogP contribution in [-0.4, -0.2) is 118 Å². The zero-order chi connectivity index (χ0) is 46.6. The van der Waals surface area contributed by atoms with Crippen molar-refractivity contribution in [2.75, 3.05) is 13.7 Å². The van der Waals surface area contributed by atoms with E-state index in [1.54, 1.807) is 77.1 Å². The van der Waals surface area contributed by atoms with Crippen molar-refractivity contribution in [1.82, 2.24) is 10.6 Å². The first-order valence-electron chi connectivity index (χ1n) is 20.8. The number of rotatable bonds is 10. The summed E-state index contributed by atoms with van der Waals surface area (Å²) in [5.41, 5.74) is -8.01. The molecule has 1 heterocycles. The smallest absolute Gasteiger partial charge is 0.408 e. The van der Waals surface area contributed by atoms with E-state index in [0.717, 1.165) is 13.8 Å². The van der Waals surface area contributed by atoms with E-state index < -0.39 is 118 Å². The highest BCUT2D eigenvalue weighted by Crippen LogP contribution is 2.63. The predicted octanol–water partition coefficient (Wildman–Crippen LogP) is 3.41. The Hall–Kier alpha value is -5.36. The molecular weight excluding hydrogens is 821 g/mol. The number of amides is 2. The Bertz CT molecular complexity index is 2170. The second-order valence-electron chi connectivity index (χ2n) is 18.6.